The molecule has 1 heterocycles. The average Bonchev–Trinajstić information content (AvgIpc) is 2.66. The molecule has 0 fully saturated rings. The third-order valence-electron chi connectivity index (χ3n) is 3.81. The molecule has 2 N–H and O–H groups in total. The van der Waals surface area contributed by atoms with Crippen LogP contribution in [0.4, 0.5) is 18.9 Å². The summed E-state index contributed by atoms with van der Waals surface area (Å²) in [5, 5.41) is 5.90. The Labute approximate surface area is 165 Å². The van der Waals surface area contributed by atoms with E-state index in [9.17, 15) is 22.8 Å². The number of alkyl halides is 3. The highest BCUT2D eigenvalue weighted by atomic mass is 32.2. The van der Waals surface area contributed by atoms with Crippen LogP contribution in [0.3, 0.4) is 0 Å². The van der Waals surface area contributed by atoms with Crippen LogP contribution < -0.4 is 10.6 Å². The van der Waals surface area contributed by atoms with E-state index < -0.39 is 11.7 Å². The van der Waals surface area contributed by atoms with Crippen molar-refractivity contribution < 1.29 is 22.8 Å². The Morgan fingerprint density at radius 2 is 1.79 bits per heavy atom. The Bertz CT molecular complexity index is 809. The topological polar surface area (TPSA) is 71.1 Å². The van der Waals surface area contributed by atoms with Crippen molar-refractivity contribution in [3.63, 3.8) is 0 Å². The largest absolute Gasteiger partial charge is 0.417 e. The summed E-state index contributed by atoms with van der Waals surface area (Å²) < 4.78 is 37.5. The molecule has 0 radical (unpaired) electrons. The van der Waals surface area contributed by atoms with Crippen molar-refractivity contribution in [1.29, 1.82) is 0 Å². The lowest BCUT2D eigenvalue weighted by Crippen LogP contribution is -2.28. The van der Waals surface area contributed by atoms with Gasteiger partial charge in [-0.05, 0) is 36.8 Å². The van der Waals surface area contributed by atoms with Crippen molar-refractivity contribution in [1.82, 2.24) is 10.3 Å². The van der Waals surface area contributed by atoms with Gasteiger partial charge in [0.1, 0.15) is 0 Å². The number of pyridine rings is 1. The highest BCUT2D eigenvalue weighted by Crippen LogP contribution is 2.29. The lowest BCUT2D eigenvalue weighted by Gasteiger charge is -2.15. The fourth-order valence-electron chi connectivity index (χ4n) is 2.24. The second kappa shape index (κ2) is 9.59. The zero-order chi connectivity index (χ0) is 20.7. The number of hydrogen-bond donors (Lipinski definition) is 2. The molecule has 2 amide bonds. The SMILES string of the molecule is CCC(=O)Nc1ccc(C(C)NC(=O)CSc2ccc(C(F)(F)F)cn2)cc1. The Morgan fingerprint density at radius 1 is 1.11 bits per heavy atom. The van der Waals surface area contributed by atoms with E-state index >= 15 is 0 Å². The molecule has 2 aromatic rings. The molecule has 1 unspecified atom stereocenters. The number of benzene rings is 1. The number of amides is 2. The minimum absolute atomic E-state index is 0.0351. The van der Waals surface area contributed by atoms with Gasteiger partial charge in [-0.3, -0.25) is 9.59 Å². The van der Waals surface area contributed by atoms with Crippen LogP contribution in [0.1, 0.15) is 37.4 Å². The molecule has 9 heteroatoms. The minimum Gasteiger partial charge on any atom is -0.349 e. The summed E-state index contributed by atoms with van der Waals surface area (Å²) in [5.74, 6) is -0.307. The third kappa shape index (κ3) is 6.56. The lowest BCUT2D eigenvalue weighted by molar-refractivity contribution is -0.138. The summed E-state index contributed by atoms with van der Waals surface area (Å²) in [5.41, 5.74) is 0.715. The molecule has 0 aliphatic carbocycles. The molecule has 1 aromatic carbocycles. The highest BCUT2D eigenvalue weighted by molar-refractivity contribution is 7.99. The van der Waals surface area contributed by atoms with Gasteiger partial charge in [-0.2, -0.15) is 13.2 Å². The van der Waals surface area contributed by atoms with E-state index in [1.54, 1.807) is 31.2 Å². The molecule has 0 spiro atoms. The number of aromatic nitrogens is 1. The van der Waals surface area contributed by atoms with Crippen LogP contribution in [0.2, 0.25) is 0 Å². The number of nitrogens with zero attached hydrogens (tertiary/aromatic N) is 1. The number of anilines is 1. The van der Waals surface area contributed by atoms with Crippen molar-refractivity contribution >= 4 is 29.3 Å². The van der Waals surface area contributed by atoms with Crippen LogP contribution in [0.25, 0.3) is 0 Å². The van der Waals surface area contributed by atoms with Gasteiger partial charge in [0.15, 0.2) is 0 Å². The molecule has 0 bridgehead atoms. The van der Waals surface area contributed by atoms with E-state index in [0.717, 1.165) is 29.6 Å². The van der Waals surface area contributed by atoms with Gasteiger partial charge in [-0.1, -0.05) is 30.8 Å². The number of hydrogen-bond acceptors (Lipinski definition) is 4. The molecule has 1 atom stereocenters. The standard InChI is InChI=1S/C19H20F3N3O2S/c1-3-16(26)25-15-7-4-13(5-8-15)12(2)24-17(27)11-28-18-9-6-14(10-23-18)19(20,21)22/h4-10,12H,3,11H2,1-2H3,(H,24,27)(H,25,26). The van der Waals surface area contributed by atoms with Crippen LogP contribution in [0.15, 0.2) is 47.6 Å². The van der Waals surface area contributed by atoms with E-state index in [1.165, 1.54) is 6.07 Å². The molecule has 1 aromatic heterocycles. The van der Waals surface area contributed by atoms with Crippen molar-refractivity contribution in [2.75, 3.05) is 11.1 Å². The van der Waals surface area contributed by atoms with Crippen LogP contribution in [0, 0.1) is 0 Å². The van der Waals surface area contributed by atoms with Gasteiger partial charge in [-0.25, -0.2) is 4.98 Å². The number of carbonyl (C=O) groups is 2. The minimum atomic E-state index is -4.43. The Morgan fingerprint density at radius 3 is 2.32 bits per heavy atom. The molecule has 5 nitrogen and oxygen atoms in total. The first kappa shape index (κ1) is 21.7. The van der Waals surface area contributed by atoms with Crippen LogP contribution in [0.5, 0.6) is 0 Å². The Hall–Kier alpha value is -2.55. The molecule has 0 aliphatic heterocycles. The van der Waals surface area contributed by atoms with Crippen LogP contribution >= 0.6 is 11.8 Å². The van der Waals surface area contributed by atoms with E-state index in [4.69, 9.17) is 0 Å². The van der Waals surface area contributed by atoms with Gasteiger partial charge in [-0.15, -0.1) is 0 Å². The average molecular weight is 411 g/mol. The molecule has 2 rings (SSSR count). The number of rotatable bonds is 7. The zero-order valence-electron chi connectivity index (χ0n) is 15.3. The second-order valence-electron chi connectivity index (χ2n) is 5.98. The normalized spacial score (nSPS) is 12.3. The molecular formula is C19H20F3N3O2S. The molecule has 0 saturated carbocycles. The second-order valence-corrected chi connectivity index (χ2v) is 6.98. The van der Waals surface area contributed by atoms with Gasteiger partial charge in [0.25, 0.3) is 0 Å². The number of carbonyl (C=O) groups excluding carboxylic acids is 2. The van der Waals surface area contributed by atoms with Crippen molar-refractivity contribution in [2.24, 2.45) is 0 Å². The van der Waals surface area contributed by atoms with Crippen molar-refractivity contribution in [3.05, 3.63) is 53.7 Å². The molecule has 0 aliphatic rings. The number of thioether (sulfide) groups is 1. The van der Waals surface area contributed by atoms with Gasteiger partial charge in [0.2, 0.25) is 11.8 Å². The van der Waals surface area contributed by atoms with Gasteiger partial charge in [0, 0.05) is 18.3 Å². The summed E-state index contributed by atoms with van der Waals surface area (Å²) in [6.07, 6.45) is -3.29. The van der Waals surface area contributed by atoms with E-state index in [0.29, 0.717) is 17.1 Å². The predicted octanol–water partition coefficient (Wildman–Crippen LogP) is 4.42. The quantitative estimate of drug-likeness (QED) is 0.662. The number of nitrogens with one attached hydrogen (secondary N) is 2. The molecule has 150 valence electrons. The van der Waals surface area contributed by atoms with Gasteiger partial charge >= 0.3 is 6.18 Å². The first-order valence-electron chi connectivity index (χ1n) is 8.54. The zero-order valence-corrected chi connectivity index (χ0v) is 16.2. The summed E-state index contributed by atoms with van der Waals surface area (Å²) in [7, 11) is 0. The number of halogens is 3. The maximum Gasteiger partial charge on any atom is 0.417 e. The Balaban J connectivity index is 1.84. The fraction of sp³-hybridized carbons (Fsp3) is 0.316. The molecular weight excluding hydrogens is 391 g/mol. The smallest absolute Gasteiger partial charge is 0.349 e. The maximum absolute atomic E-state index is 12.5. The Kier molecular flexibility index (Phi) is 7.45. The fourth-order valence-corrected chi connectivity index (χ4v) is 2.90. The molecule has 0 saturated heterocycles. The summed E-state index contributed by atoms with van der Waals surface area (Å²) >= 11 is 1.06. The maximum atomic E-state index is 12.5. The lowest BCUT2D eigenvalue weighted by atomic mass is 10.1. The van der Waals surface area contributed by atoms with E-state index in [1.807, 2.05) is 6.92 Å². The summed E-state index contributed by atoms with van der Waals surface area (Å²) in [6.45, 7) is 3.58. The van der Waals surface area contributed by atoms with E-state index in [2.05, 4.69) is 15.6 Å². The van der Waals surface area contributed by atoms with Gasteiger partial charge < -0.3 is 10.6 Å². The summed E-state index contributed by atoms with van der Waals surface area (Å²) in [4.78, 5) is 27.2. The van der Waals surface area contributed by atoms with E-state index in [-0.39, 0.29) is 23.6 Å². The summed E-state index contributed by atoms with van der Waals surface area (Å²) in [6, 6.07) is 9.05. The van der Waals surface area contributed by atoms with Crippen LogP contribution in [-0.4, -0.2) is 22.6 Å². The third-order valence-corrected chi connectivity index (χ3v) is 4.75. The highest BCUT2D eigenvalue weighted by Gasteiger charge is 2.30. The monoisotopic (exact) mass is 411 g/mol. The van der Waals surface area contributed by atoms with Crippen molar-refractivity contribution in [2.45, 2.75) is 37.5 Å². The van der Waals surface area contributed by atoms with Crippen LogP contribution in [-0.2, 0) is 15.8 Å². The predicted molar refractivity (Wildman–Crippen MR) is 102 cm³/mol. The van der Waals surface area contributed by atoms with Crippen molar-refractivity contribution in [3.8, 4) is 0 Å². The molecule has 28 heavy (non-hydrogen) atoms. The first-order chi connectivity index (χ1) is 13.2. The van der Waals surface area contributed by atoms with Gasteiger partial charge in [0.05, 0.1) is 22.4 Å². The first-order valence-corrected chi connectivity index (χ1v) is 9.53.